The molecule has 4 heterocycles. The molecule has 33 heavy (non-hydrogen) atoms. The Hall–Kier alpha value is -3.61. The van der Waals surface area contributed by atoms with Gasteiger partial charge in [0, 0.05) is 37.0 Å². The predicted octanol–water partition coefficient (Wildman–Crippen LogP) is 3.68. The van der Waals surface area contributed by atoms with Gasteiger partial charge in [-0.3, -0.25) is 19.5 Å². The number of fused-ring (bicyclic) bond motifs is 1. The standard InChI is InChI=1S/C26H27N5O2/c1-18-20-12-13-23(32)31(17-14-19-8-3-2-4-9-19)25(20)29-24(28-18)22-11-7-16-30(22)26(33)21-10-5-6-15-27-21/h2-6,8-10,15,22H,7,11-14,16-17H2,1H3. The number of hydrogen-bond acceptors (Lipinski definition) is 5. The first-order chi connectivity index (χ1) is 16.1. The summed E-state index contributed by atoms with van der Waals surface area (Å²) in [6, 6.07) is 15.3. The highest BCUT2D eigenvalue weighted by Gasteiger charge is 2.35. The third-order valence-electron chi connectivity index (χ3n) is 6.52. The van der Waals surface area contributed by atoms with E-state index in [4.69, 9.17) is 9.97 Å². The number of hydrogen-bond donors (Lipinski definition) is 0. The smallest absolute Gasteiger partial charge is 0.273 e. The summed E-state index contributed by atoms with van der Waals surface area (Å²) in [5, 5.41) is 0. The maximum Gasteiger partial charge on any atom is 0.273 e. The van der Waals surface area contributed by atoms with Crippen LogP contribution in [0.25, 0.3) is 0 Å². The number of carbonyl (C=O) groups excluding carboxylic acids is 2. The van der Waals surface area contributed by atoms with Gasteiger partial charge in [0.15, 0.2) is 5.82 Å². The molecule has 0 saturated carbocycles. The molecule has 7 heteroatoms. The van der Waals surface area contributed by atoms with Gasteiger partial charge in [-0.15, -0.1) is 0 Å². The molecule has 1 atom stereocenters. The number of carbonyl (C=O) groups is 2. The van der Waals surface area contributed by atoms with Gasteiger partial charge in [-0.1, -0.05) is 36.4 Å². The monoisotopic (exact) mass is 441 g/mol. The quantitative estimate of drug-likeness (QED) is 0.604. The van der Waals surface area contributed by atoms with E-state index in [-0.39, 0.29) is 17.9 Å². The van der Waals surface area contributed by atoms with E-state index in [1.165, 1.54) is 5.56 Å². The van der Waals surface area contributed by atoms with Crippen LogP contribution in [0.4, 0.5) is 5.82 Å². The zero-order valence-electron chi connectivity index (χ0n) is 18.8. The topological polar surface area (TPSA) is 79.3 Å². The van der Waals surface area contributed by atoms with Gasteiger partial charge < -0.3 is 4.90 Å². The molecule has 2 aliphatic heterocycles. The van der Waals surface area contributed by atoms with Crippen molar-refractivity contribution in [1.29, 1.82) is 0 Å². The van der Waals surface area contributed by atoms with Crippen LogP contribution in [0, 0.1) is 6.92 Å². The molecule has 3 aromatic rings. The highest BCUT2D eigenvalue weighted by molar-refractivity contribution is 5.95. The third kappa shape index (κ3) is 4.23. The first-order valence-electron chi connectivity index (χ1n) is 11.6. The Bertz CT molecular complexity index is 1170. The van der Waals surface area contributed by atoms with Crippen LogP contribution in [0.5, 0.6) is 0 Å². The van der Waals surface area contributed by atoms with Crippen LogP contribution >= 0.6 is 0 Å². The lowest BCUT2D eigenvalue weighted by atomic mass is 10.0. The Kier molecular flexibility index (Phi) is 5.86. The van der Waals surface area contributed by atoms with E-state index in [0.29, 0.717) is 43.3 Å². The van der Waals surface area contributed by atoms with Crippen LogP contribution in [0.1, 0.15) is 58.4 Å². The molecule has 1 fully saturated rings. The second-order valence-corrected chi connectivity index (χ2v) is 8.62. The molecule has 168 valence electrons. The van der Waals surface area contributed by atoms with E-state index in [1.54, 1.807) is 18.3 Å². The van der Waals surface area contributed by atoms with E-state index >= 15 is 0 Å². The number of nitrogens with zero attached hydrogens (tertiary/aromatic N) is 5. The number of amides is 2. The summed E-state index contributed by atoms with van der Waals surface area (Å²) in [7, 11) is 0. The zero-order chi connectivity index (χ0) is 22.8. The molecule has 0 radical (unpaired) electrons. The fourth-order valence-corrected chi connectivity index (χ4v) is 4.78. The van der Waals surface area contributed by atoms with Crippen molar-refractivity contribution in [2.45, 2.75) is 45.1 Å². The van der Waals surface area contributed by atoms with Crippen LogP contribution in [0.15, 0.2) is 54.7 Å². The molecule has 1 saturated heterocycles. The third-order valence-corrected chi connectivity index (χ3v) is 6.52. The van der Waals surface area contributed by atoms with E-state index < -0.39 is 0 Å². The molecule has 7 nitrogen and oxygen atoms in total. The summed E-state index contributed by atoms with van der Waals surface area (Å²) in [6.07, 6.45) is 5.21. The molecule has 1 unspecified atom stereocenters. The highest BCUT2D eigenvalue weighted by atomic mass is 16.2. The van der Waals surface area contributed by atoms with Crippen molar-refractivity contribution in [2.75, 3.05) is 18.0 Å². The zero-order valence-corrected chi connectivity index (χ0v) is 18.8. The number of pyridine rings is 1. The van der Waals surface area contributed by atoms with Crippen molar-refractivity contribution >= 4 is 17.6 Å². The Morgan fingerprint density at radius 1 is 1.06 bits per heavy atom. The summed E-state index contributed by atoms with van der Waals surface area (Å²) in [4.78, 5) is 43.6. The summed E-state index contributed by atoms with van der Waals surface area (Å²) in [6.45, 7) is 3.21. The average molecular weight is 442 g/mol. The van der Waals surface area contributed by atoms with E-state index in [9.17, 15) is 9.59 Å². The van der Waals surface area contributed by atoms with Gasteiger partial charge in [0.1, 0.15) is 11.5 Å². The fourth-order valence-electron chi connectivity index (χ4n) is 4.78. The molecule has 0 N–H and O–H groups in total. The van der Waals surface area contributed by atoms with Crippen LogP contribution in [0.3, 0.4) is 0 Å². The molecule has 1 aromatic carbocycles. The first kappa shape index (κ1) is 21.2. The minimum absolute atomic E-state index is 0.0929. The molecule has 2 aromatic heterocycles. The Balaban J connectivity index is 1.45. The number of likely N-dealkylation sites (tertiary alicyclic amines) is 1. The van der Waals surface area contributed by atoms with Crippen molar-refractivity contribution in [3.63, 3.8) is 0 Å². The minimum atomic E-state index is -0.212. The summed E-state index contributed by atoms with van der Waals surface area (Å²) >= 11 is 0. The van der Waals surface area contributed by atoms with Gasteiger partial charge in [0.05, 0.1) is 6.04 Å². The Morgan fingerprint density at radius 2 is 1.88 bits per heavy atom. The largest absolute Gasteiger partial charge is 0.327 e. The van der Waals surface area contributed by atoms with Crippen LogP contribution in [0.2, 0.25) is 0 Å². The lowest BCUT2D eigenvalue weighted by Gasteiger charge is -2.31. The molecule has 0 bridgehead atoms. The van der Waals surface area contributed by atoms with Gasteiger partial charge in [-0.25, -0.2) is 9.97 Å². The number of aromatic nitrogens is 3. The molecule has 5 rings (SSSR count). The maximum absolute atomic E-state index is 13.1. The summed E-state index contributed by atoms with van der Waals surface area (Å²) in [5.41, 5.74) is 3.54. The second kappa shape index (κ2) is 9.10. The van der Waals surface area contributed by atoms with Gasteiger partial charge in [-0.2, -0.15) is 0 Å². The van der Waals surface area contributed by atoms with Crippen molar-refractivity contribution in [3.05, 3.63) is 83.1 Å². The van der Waals surface area contributed by atoms with Crippen LogP contribution in [-0.2, 0) is 17.6 Å². The lowest BCUT2D eigenvalue weighted by molar-refractivity contribution is -0.118. The van der Waals surface area contributed by atoms with E-state index in [2.05, 4.69) is 17.1 Å². The second-order valence-electron chi connectivity index (χ2n) is 8.62. The molecule has 0 aliphatic carbocycles. The molecule has 2 aliphatic rings. The molecule has 0 spiro atoms. The van der Waals surface area contributed by atoms with Crippen molar-refractivity contribution in [3.8, 4) is 0 Å². The van der Waals surface area contributed by atoms with E-state index in [1.807, 2.05) is 41.0 Å². The average Bonchev–Trinajstić information content (AvgIpc) is 3.34. The molecule has 2 amide bonds. The fraction of sp³-hybridized carbons (Fsp3) is 0.346. The SMILES string of the molecule is Cc1nc(C2CCCN2C(=O)c2ccccn2)nc2c1CCC(=O)N2CCc1ccccc1. The number of rotatable bonds is 5. The van der Waals surface area contributed by atoms with E-state index in [0.717, 1.165) is 30.5 Å². The summed E-state index contributed by atoms with van der Waals surface area (Å²) < 4.78 is 0. The van der Waals surface area contributed by atoms with Gasteiger partial charge in [-0.05, 0) is 50.3 Å². The number of aryl methyl sites for hydroxylation is 1. The maximum atomic E-state index is 13.1. The van der Waals surface area contributed by atoms with Gasteiger partial charge in [0.2, 0.25) is 5.91 Å². The van der Waals surface area contributed by atoms with Gasteiger partial charge >= 0.3 is 0 Å². The number of benzene rings is 1. The Labute approximate surface area is 193 Å². The van der Waals surface area contributed by atoms with Crippen molar-refractivity contribution < 1.29 is 9.59 Å². The number of anilines is 1. The van der Waals surface area contributed by atoms with Crippen molar-refractivity contribution in [1.82, 2.24) is 19.9 Å². The minimum Gasteiger partial charge on any atom is -0.327 e. The van der Waals surface area contributed by atoms with Crippen LogP contribution in [-0.4, -0.2) is 44.8 Å². The molecular weight excluding hydrogens is 414 g/mol. The first-order valence-corrected chi connectivity index (χ1v) is 11.6. The van der Waals surface area contributed by atoms with Crippen LogP contribution < -0.4 is 4.90 Å². The normalized spacial score (nSPS) is 17.8. The van der Waals surface area contributed by atoms with Gasteiger partial charge in [0.25, 0.3) is 5.91 Å². The lowest BCUT2D eigenvalue weighted by Crippen LogP contribution is -2.39. The summed E-state index contributed by atoms with van der Waals surface area (Å²) in [5.74, 6) is 1.32. The van der Waals surface area contributed by atoms with Crippen molar-refractivity contribution in [2.24, 2.45) is 0 Å². The Morgan fingerprint density at radius 3 is 2.67 bits per heavy atom. The highest BCUT2D eigenvalue weighted by Crippen LogP contribution is 2.35. The predicted molar refractivity (Wildman–Crippen MR) is 125 cm³/mol. The molecular formula is C26H27N5O2.